The van der Waals surface area contributed by atoms with E-state index in [-0.39, 0.29) is 16.7 Å². The quantitative estimate of drug-likeness (QED) is 0.868. The zero-order valence-corrected chi connectivity index (χ0v) is 12.2. The predicted molar refractivity (Wildman–Crippen MR) is 76.5 cm³/mol. The summed E-state index contributed by atoms with van der Waals surface area (Å²) in [6, 6.07) is 6.53. The second kappa shape index (κ2) is 5.83. The molecule has 1 aliphatic rings. The number of carboxylic acids is 1. The summed E-state index contributed by atoms with van der Waals surface area (Å²) in [7, 11) is -3.18. The van der Waals surface area contributed by atoms with Gasteiger partial charge in [0.15, 0.2) is 9.84 Å². The summed E-state index contributed by atoms with van der Waals surface area (Å²) in [4.78, 5) is 11.4. The number of aliphatic carboxylic acids is 1. The minimum atomic E-state index is -3.18. The second-order valence-corrected chi connectivity index (χ2v) is 7.33. The van der Waals surface area contributed by atoms with E-state index in [2.05, 4.69) is 5.32 Å². The van der Waals surface area contributed by atoms with Crippen LogP contribution in [0.1, 0.15) is 19.3 Å². The highest BCUT2D eigenvalue weighted by Gasteiger charge is 2.32. The molecule has 1 aliphatic carbocycles. The van der Waals surface area contributed by atoms with Gasteiger partial charge in [-0.15, -0.1) is 0 Å². The van der Waals surface area contributed by atoms with Crippen molar-refractivity contribution in [1.82, 2.24) is 0 Å². The summed E-state index contributed by atoms with van der Waals surface area (Å²) in [5.41, 5.74) is 0.813. The molecule has 0 radical (unpaired) electrons. The maximum Gasteiger partial charge on any atom is 0.306 e. The first-order chi connectivity index (χ1) is 9.38. The topological polar surface area (TPSA) is 83.5 Å². The first-order valence-electron chi connectivity index (χ1n) is 6.65. The molecule has 2 unspecified atom stereocenters. The molecule has 0 amide bonds. The Balaban J connectivity index is 1.96. The molecule has 1 aromatic carbocycles. The number of carboxylic acid groups (broad SMARTS) is 1. The van der Waals surface area contributed by atoms with E-state index in [1.165, 1.54) is 6.26 Å². The Morgan fingerprint density at radius 3 is 2.50 bits per heavy atom. The Morgan fingerprint density at radius 1 is 1.30 bits per heavy atom. The molecule has 0 aliphatic heterocycles. The van der Waals surface area contributed by atoms with E-state index < -0.39 is 15.8 Å². The Morgan fingerprint density at radius 2 is 1.95 bits per heavy atom. The van der Waals surface area contributed by atoms with Crippen LogP contribution in [0.4, 0.5) is 5.69 Å². The number of sulfone groups is 1. The van der Waals surface area contributed by atoms with Crippen molar-refractivity contribution in [3.63, 3.8) is 0 Å². The molecule has 0 aromatic heterocycles. The molecule has 0 bridgehead atoms. The van der Waals surface area contributed by atoms with E-state index in [0.29, 0.717) is 6.54 Å². The van der Waals surface area contributed by atoms with E-state index >= 15 is 0 Å². The molecule has 2 N–H and O–H groups in total. The molecule has 5 nitrogen and oxygen atoms in total. The van der Waals surface area contributed by atoms with Gasteiger partial charge in [-0.3, -0.25) is 4.79 Å². The number of hydrogen-bond acceptors (Lipinski definition) is 4. The summed E-state index contributed by atoms with van der Waals surface area (Å²) in [5.74, 6) is -0.846. The smallest absolute Gasteiger partial charge is 0.306 e. The summed E-state index contributed by atoms with van der Waals surface area (Å²) < 4.78 is 22.7. The van der Waals surface area contributed by atoms with E-state index in [1.807, 2.05) is 0 Å². The summed E-state index contributed by atoms with van der Waals surface area (Å²) >= 11 is 0. The van der Waals surface area contributed by atoms with Crippen LogP contribution in [0.5, 0.6) is 0 Å². The lowest BCUT2D eigenvalue weighted by Crippen LogP contribution is -2.24. The Kier molecular flexibility index (Phi) is 4.32. The van der Waals surface area contributed by atoms with Crippen LogP contribution in [0.2, 0.25) is 0 Å². The fourth-order valence-corrected chi connectivity index (χ4v) is 3.31. The van der Waals surface area contributed by atoms with Crippen molar-refractivity contribution < 1.29 is 18.3 Å². The Labute approximate surface area is 118 Å². The highest BCUT2D eigenvalue weighted by molar-refractivity contribution is 7.90. The molecule has 6 heteroatoms. The first kappa shape index (κ1) is 14.8. The van der Waals surface area contributed by atoms with E-state index in [4.69, 9.17) is 5.11 Å². The van der Waals surface area contributed by atoms with Crippen LogP contribution in [0, 0.1) is 11.8 Å². The highest BCUT2D eigenvalue weighted by atomic mass is 32.2. The third-order valence-electron chi connectivity index (χ3n) is 3.83. The van der Waals surface area contributed by atoms with E-state index in [1.54, 1.807) is 24.3 Å². The summed E-state index contributed by atoms with van der Waals surface area (Å²) in [6.45, 7) is 0.606. The van der Waals surface area contributed by atoms with Gasteiger partial charge in [0.1, 0.15) is 0 Å². The van der Waals surface area contributed by atoms with Gasteiger partial charge in [-0.1, -0.05) is 6.42 Å². The molecule has 20 heavy (non-hydrogen) atoms. The normalized spacial score (nSPS) is 22.6. The fraction of sp³-hybridized carbons (Fsp3) is 0.500. The van der Waals surface area contributed by atoms with Crippen molar-refractivity contribution in [1.29, 1.82) is 0 Å². The van der Waals surface area contributed by atoms with Crippen molar-refractivity contribution >= 4 is 21.5 Å². The number of hydrogen-bond donors (Lipinski definition) is 2. The third kappa shape index (κ3) is 3.50. The lowest BCUT2D eigenvalue weighted by Gasteiger charge is -2.17. The molecular weight excluding hydrogens is 278 g/mol. The molecule has 2 atom stereocenters. The number of benzene rings is 1. The standard InChI is InChI=1S/C14H19NO4S/c1-20(18,19)12-7-5-11(6-8-12)15-9-10-3-2-4-13(10)14(16)17/h5-8,10,13,15H,2-4,9H2,1H3,(H,16,17). The van der Waals surface area contributed by atoms with Crippen LogP contribution in [0.25, 0.3) is 0 Å². The molecular formula is C14H19NO4S. The van der Waals surface area contributed by atoms with Gasteiger partial charge in [-0.25, -0.2) is 8.42 Å². The van der Waals surface area contributed by atoms with Crippen LogP contribution in [0.3, 0.4) is 0 Å². The van der Waals surface area contributed by atoms with Crippen LogP contribution < -0.4 is 5.32 Å². The summed E-state index contributed by atoms with van der Waals surface area (Å²) in [5, 5.41) is 12.3. The number of anilines is 1. The number of nitrogens with one attached hydrogen (secondary N) is 1. The van der Waals surface area contributed by atoms with Crippen molar-refractivity contribution in [2.24, 2.45) is 11.8 Å². The van der Waals surface area contributed by atoms with Crippen molar-refractivity contribution in [2.75, 3.05) is 18.1 Å². The minimum Gasteiger partial charge on any atom is -0.481 e. The number of rotatable bonds is 5. The molecule has 1 aromatic rings. The van der Waals surface area contributed by atoms with Crippen molar-refractivity contribution in [3.8, 4) is 0 Å². The molecule has 1 fully saturated rings. The Bertz CT molecular complexity index is 580. The molecule has 0 saturated heterocycles. The lowest BCUT2D eigenvalue weighted by molar-refractivity contribution is -0.142. The summed E-state index contributed by atoms with van der Waals surface area (Å²) in [6.07, 6.45) is 3.79. The zero-order chi connectivity index (χ0) is 14.8. The van der Waals surface area contributed by atoms with Gasteiger partial charge < -0.3 is 10.4 Å². The van der Waals surface area contributed by atoms with Gasteiger partial charge in [0.25, 0.3) is 0 Å². The van der Waals surface area contributed by atoms with E-state index in [9.17, 15) is 13.2 Å². The number of carbonyl (C=O) groups is 1. The minimum absolute atomic E-state index is 0.141. The molecule has 110 valence electrons. The monoisotopic (exact) mass is 297 g/mol. The third-order valence-corrected chi connectivity index (χ3v) is 4.96. The van der Waals surface area contributed by atoms with Crippen LogP contribution >= 0.6 is 0 Å². The van der Waals surface area contributed by atoms with Gasteiger partial charge in [0.05, 0.1) is 10.8 Å². The SMILES string of the molecule is CS(=O)(=O)c1ccc(NCC2CCCC2C(=O)O)cc1. The molecule has 2 rings (SSSR count). The van der Waals surface area contributed by atoms with Crippen LogP contribution in [-0.4, -0.2) is 32.3 Å². The molecule has 0 spiro atoms. The van der Waals surface area contributed by atoms with Gasteiger partial charge in [0.2, 0.25) is 0 Å². The predicted octanol–water partition coefficient (Wildman–Crippen LogP) is 2.00. The average molecular weight is 297 g/mol. The van der Waals surface area contributed by atoms with Crippen molar-refractivity contribution in [3.05, 3.63) is 24.3 Å². The maximum atomic E-state index is 11.3. The molecule has 1 saturated carbocycles. The van der Waals surface area contributed by atoms with Crippen molar-refractivity contribution in [2.45, 2.75) is 24.2 Å². The van der Waals surface area contributed by atoms with E-state index in [0.717, 1.165) is 24.9 Å². The zero-order valence-electron chi connectivity index (χ0n) is 11.4. The average Bonchev–Trinajstić information content (AvgIpc) is 2.84. The van der Waals surface area contributed by atoms with Gasteiger partial charge in [0, 0.05) is 18.5 Å². The van der Waals surface area contributed by atoms with Gasteiger partial charge >= 0.3 is 5.97 Å². The largest absolute Gasteiger partial charge is 0.481 e. The Hall–Kier alpha value is -1.56. The lowest BCUT2D eigenvalue weighted by atomic mass is 9.96. The maximum absolute atomic E-state index is 11.3. The van der Waals surface area contributed by atoms with Gasteiger partial charge in [-0.05, 0) is 43.0 Å². The first-order valence-corrected chi connectivity index (χ1v) is 8.54. The van der Waals surface area contributed by atoms with Gasteiger partial charge in [-0.2, -0.15) is 0 Å². The fourth-order valence-electron chi connectivity index (χ4n) is 2.68. The highest BCUT2D eigenvalue weighted by Crippen LogP contribution is 2.32. The van der Waals surface area contributed by atoms with Crippen LogP contribution in [0.15, 0.2) is 29.2 Å². The van der Waals surface area contributed by atoms with Crippen LogP contribution in [-0.2, 0) is 14.6 Å². The molecule has 0 heterocycles. The second-order valence-electron chi connectivity index (χ2n) is 5.31.